The molecule has 32 valence electrons. The molecule has 0 saturated carbocycles. The van der Waals surface area contributed by atoms with Gasteiger partial charge in [0.15, 0.2) is 0 Å². The molecule has 0 radical (unpaired) electrons. The highest BCUT2D eigenvalue weighted by Gasteiger charge is 1.76. The Morgan fingerprint density at radius 3 is 2.67 bits per heavy atom. The van der Waals surface area contributed by atoms with Crippen molar-refractivity contribution in [2.24, 2.45) is 0 Å². The van der Waals surface area contributed by atoms with E-state index in [2.05, 4.69) is 6.92 Å². The molecule has 0 nitrogen and oxygen atoms in total. The van der Waals surface area contributed by atoms with Gasteiger partial charge in [-0.05, 0) is 29.9 Å². The van der Waals surface area contributed by atoms with E-state index < -0.39 is 0 Å². The SMILES string of the molecule is Cc1ppp[pH]1. The average molecular weight is 152 g/mol. The minimum Gasteiger partial charge on any atom is -0.0975 e. The van der Waals surface area contributed by atoms with Gasteiger partial charge in [-0.25, -0.2) is 0 Å². The molecule has 1 unspecified atom stereocenters. The third-order valence-electron chi connectivity index (χ3n) is 0.451. The molecule has 0 aliphatic heterocycles. The van der Waals surface area contributed by atoms with Crippen LogP contribution in [-0.2, 0) is 0 Å². The third kappa shape index (κ3) is 1.29. The van der Waals surface area contributed by atoms with Crippen molar-refractivity contribution in [3.8, 4) is 0 Å². The summed E-state index contributed by atoms with van der Waals surface area (Å²) in [5.41, 5.74) is 0. The molecule has 0 aliphatic rings. The zero-order valence-corrected chi connectivity index (χ0v) is 7.02. The van der Waals surface area contributed by atoms with Crippen molar-refractivity contribution in [1.82, 2.24) is 0 Å². The summed E-state index contributed by atoms with van der Waals surface area (Å²) in [7, 11) is 5.97. The second-order valence-corrected chi connectivity index (χ2v) is 9.45. The summed E-state index contributed by atoms with van der Waals surface area (Å²) in [6.45, 7) is 2.24. The van der Waals surface area contributed by atoms with Crippen LogP contribution in [0.2, 0.25) is 0 Å². The van der Waals surface area contributed by atoms with Gasteiger partial charge in [0.1, 0.15) is 0 Å². The highest BCUT2D eigenvalue weighted by atomic mass is 32.3. The van der Waals surface area contributed by atoms with Gasteiger partial charge in [-0.1, -0.05) is 7.87 Å². The summed E-state index contributed by atoms with van der Waals surface area (Å²) in [4.78, 5) is 0. The second kappa shape index (κ2) is 2.40. The number of hydrogen-bond donors (Lipinski definition) is 0. The fraction of sp³-hybridized carbons (Fsp3) is 0.500. The molecule has 0 aliphatic carbocycles. The molecule has 0 N–H and O–H groups in total. The molecule has 1 atom stereocenters. The van der Waals surface area contributed by atoms with Gasteiger partial charge in [-0.3, -0.25) is 0 Å². The molecule has 1 heterocycles. The second-order valence-electron chi connectivity index (χ2n) is 0.987. The monoisotopic (exact) mass is 152 g/mol. The van der Waals surface area contributed by atoms with E-state index in [1.807, 2.05) is 0 Å². The van der Waals surface area contributed by atoms with E-state index in [0.29, 0.717) is 0 Å². The lowest BCUT2D eigenvalue weighted by Gasteiger charge is -1.64. The molecule has 0 fully saturated rings. The van der Waals surface area contributed by atoms with E-state index >= 15 is 0 Å². The van der Waals surface area contributed by atoms with Crippen LogP contribution in [0, 0.1) is 6.92 Å². The van der Waals surface area contributed by atoms with Crippen molar-refractivity contribution in [2.45, 2.75) is 6.92 Å². The predicted molar refractivity (Wildman–Crippen MR) is 38.2 cm³/mol. The zero-order chi connectivity index (χ0) is 4.41. The first-order chi connectivity index (χ1) is 2.89. The van der Waals surface area contributed by atoms with Gasteiger partial charge in [-0.15, -0.1) is 0 Å². The fourth-order valence-electron chi connectivity index (χ4n) is 0.207. The molecule has 0 amide bonds. The van der Waals surface area contributed by atoms with Crippen LogP contribution in [0.1, 0.15) is 5.03 Å². The third-order valence-corrected chi connectivity index (χ3v) is 10.8. The molecule has 1 aromatic heterocycles. The molecule has 1 aromatic rings. The summed E-state index contributed by atoms with van der Waals surface area (Å²) in [5, 5.41) is 1.68. The molecular weight excluding hydrogens is 148 g/mol. The van der Waals surface area contributed by atoms with Gasteiger partial charge in [0.2, 0.25) is 0 Å². The topological polar surface area (TPSA) is 0 Å². The summed E-state index contributed by atoms with van der Waals surface area (Å²) < 4.78 is 0. The fourth-order valence-corrected chi connectivity index (χ4v) is 11.6. The van der Waals surface area contributed by atoms with Crippen LogP contribution < -0.4 is 0 Å². The Hall–Kier alpha value is 1.07. The van der Waals surface area contributed by atoms with Crippen LogP contribution >= 0.6 is 30.8 Å². The highest BCUT2D eigenvalue weighted by molar-refractivity contribution is 8.33. The summed E-state index contributed by atoms with van der Waals surface area (Å²) in [5.74, 6) is 0. The molecule has 4 heteroatoms. The van der Waals surface area contributed by atoms with Crippen molar-refractivity contribution >= 4 is 30.8 Å². The molecule has 6 heavy (non-hydrogen) atoms. The number of aryl methyl sites for hydroxylation is 1. The largest absolute Gasteiger partial charge is 0.0975 e. The van der Waals surface area contributed by atoms with Crippen LogP contribution in [0.15, 0.2) is 0 Å². The zero-order valence-electron chi connectivity index (χ0n) is 3.34. The maximum atomic E-state index is 2.24. The summed E-state index contributed by atoms with van der Waals surface area (Å²) >= 11 is 0. The minimum absolute atomic E-state index is 1.15. The lowest BCUT2D eigenvalue weighted by atomic mass is 11.0. The van der Waals surface area contributed by atoms with Gasteiger partial charge in [0.25, 0.3) is 0 Å². The molecule has 1 rings (SSSR count). The molecule has 0 bridgehead atoms. The van der Waals surface area contributed by atoms with E-state index in [1.165, 1.54) is 0 Å². The van der Waals surface area contributed by atoms with Crippen LogP contribution in [0.25, 0.3) is 0 Å². The number of rotatable bonds is 0. The van der Waals surface area contributed by atoms with Crippen molar-refractivity contribution in [1.29, 1.82) is 0 Å². The predicted octanol–water partition coefficient (Wildman–Crippen LogP) is 3.77. The Kier molecular flexibility index (Phi) is 2.08. The highest BCUT2D eigenvalue weighted by Crippen LogP contribution is 2.44. The molecule has 0 saturated heterocycles. The van der Waals surface area contributed by atoms with Crippen LogP contribution in [-0.4, -0.2) is 0 Å². The standard InChI is InChI=1S/C2H4P4/c1-2-3-5-6-4-2/h3H,1H3. The Labute approximate surface area is 43.4 Å². The van der Waals surface area contributed by atoms with Crippen molar-refractivity contribution in [3.05, 3.63) is 5.03 Å². The van der Waals surface area contributed by atoms with Gasteiger partial charge < -0.3 is 0 Å². The summed E-state index contributed by atoms with van der Waals surface area (Å²) in [6, 6.07) is 0. The smallest absolute Gasteiger partial charge is 0.00229 e. The Balaban J connectivity index is 3.05. The van der Waals surface area contributed by atoms with Gasteiger partial charge in [0, 0.05) is 5.03 Å². The lowest BCUT2D eigenvalue weighted by molar-refractivity contribution is 1.78. The minimum atomic E-state index is 1.15. The Morgan fingerprint density at radius 2 is 2.50 bits per heavy atom. The van der Waals surface area contributed by atoms with Crippen LogP contribution in [0.5, 0.6) is 0 Å². The van der Waals surface area contributed by atoms with E-state index in [9.17, 15) is 0 Å². The van der Waals surface area contributed by atoms with E-state index in [0.717, 1.165) is 7.87 Å². The Morgan fingerprint density at radius 1 is 1.67 bits per heavy atom. The van der Waals surface area contributed by atoms with Crippen LogP contribution in [0.4, 0.5) is 0 Å². The maximum Gasteiger partial charge on any atom is 0.00229 e. The van der Waals surface area contributed by atoms with Crippen molar-refractivity contribution in [3.63, 3.8) is 0 Å². The van der Waals surface area contributed by atoms with Gasteiger partial charge >= 0.3 is 0 Å². The van der Waals surface area contributed by atoms with Crippen molar-refractivity contribution < 1.29 is 0 Å². The average Bonchev–Trinajstić information content (AvgIpc) is 1.86. The van der Waals surface area contributed by atoms with E-state index in [1.54, 1.807) is 28.0 Å². The maximum absolute atomic E-state index is 2.24. The van der Waals surface area contributed by atoms with E-state index in [4.69, 9.17) is 0 Å². The first-order valence-electron chi connectivity index (χ1n) is 1.60. The van der Waals surface area contributed by atoms with Gasteiger partial charge in [0.05, 0.1) is 0 Å². The molecular formula is C2H4P4. The molecule has 0 aromatic carbocycles. The lowest BCUT2D eigenvalue weighted by Crippen LogP contribution is -1.29. The van der Waals surface area contributed by atoms with Crippen molar-refractivity contribution in [2.75, 3.05) is 0 Å². The van der Waals surface area contributed by atoms with E-state index in [-0.39, 0.29) is 0 Å². The van der Waals surface area contributed by atoms with Crippen LogP contribution in [0.3, 0.4) is 0 Å². The van der Waals surface area contributed by atoms with Gasteiger partial charge in [-0.2, -0.15) is 0 Å². The molecule has 0 spiro atoms. The quantitative estimate of drug-likeness (QED) is 0.530. The first-order valence-corrected chi connectivity index (χ1v) is 7.53. The Bertz CT molecular complexity index is 109. The first kappa shape index (κ1) is 5.21. The summed E-state index contributed by atoms with van der Waals surface area (Å²) in [6.07, 6.45) is 0. The normalized spacial score (nSPS) is 14.2. The number of hydrogen-bond acceptors (Lipinski definition) is 0.